The Morgan fingerprint density at radius 3 is 2.83 bits per heavy atom. The Morgan fingerprint density at radius 2 is 2.11 bits per heavy atom. The summed E-state index contributed by atoms with van der Waals surface area (Å²) >= 11 is 3.43. The van der Waals surface area contributed by atoms with E-state index in [4.69, 9.17) is 5.26 Å². The van der Waals surface area contributed by atoms with Gasteiger partial charge >= 0.3 is 0 Å². The molecule has 0 aromatic heterocycles. The van der Waals surface area contributed by atoms with Crippen LogP contribution in [0, 0.1) is 17.2 Å². The van der Waals surface area contributed by atoms with E-state index in [1.54, 1.807) is 0 Å². The predicted octanol–water partition coefficient (Wildman–Crippen LogP) is 4.70. The maximum Gasteiger partial charge on any atom is 0.100 e. The van der Waals surface area contributed by atoms with Crippen LogP contribution in [0.1, 0.15) is 44.6 Å². The monoisotopic (exact) mass is 306 g/mol. The number of rotatable bonds is 2. The molecule has 1 aliphatic rings. The minimum atomic E-state index is 0.579. The van der Waals surface area contributed by atoms with Crippen LogP contribution in [0.5, 0.6) is 0 Å². The summed E-state index contributed by atoms with van der Waals surface area (Å²) in [5, 5.41) is 12.5. The number of hydrogen-bond acceptors (Lipinski definition) is 2. The third-order valence-electron chi connectivity index (χ3n) is 3.72. The molecule has 1 N–H and O–H groups in total. The first-order chi connectivity index (χ1) is 8.69. The van der Waals surface area contributed by atoms with Crippen molar-refractivity contribution in [2.45, 2.75) is 45.1 Å². The van der Waals surface area contributed by atoms with Gasteiger partial charge in [0.2, 0.25) is 0 Å². The van der Waals surface area contributed by atoms with Crippen LogP contribution < -0.4 is 5.32 Å². The molecule has 96 valence electrons. The fourth-order valence-corrected chi connectivity index (χ4v) is 3.03. The lowest BCUT2D eigenvalue weighted by atomic mass is 10.0. The molecule has 1 fully saturated rings. The van der Waals surface area contributed by atoms with Crippen molar-refractivity contribution >= 4 is 21.6 Å². The van der Waals surface area contributed by atoms with Gasteiger partial charge in [0.15, 0.2) is 0 Å². The maximum absolute atomic E-state index is 8.90. The molecule has 0 aliphatic heterocycles. The van der Waals surface area contributed by atoms with Crippen molar-refractivity contribution in [3.8, 4) is 6.07 Å². The SMILES string of the molecule is CC1CCCC(Nc2ccc(C#N)c(Br)c2)CC1. The number of hydrogen-bond donors (Lipinski definition) is 1. The zero-order valence-corrected chi connectivity index (χ0v) is 12.3. The summed E-state index contributed by atoms with van der Waals surface area (Å²) in [4.78, 5) is 0. The molecule has 2 atom stereocenters. The van der Waals surface area contributed by atoms with Crippen molar-refractivity contribution in [3.05, 3.63) is 28.2 Å². The summed E-state index contributed by atoms with van der Waals surface area (Å²) in [5.74, 6) is 0.865. The van der Waals surface area contributed by atoms with E-state index in [-0.39, 0.29) is 0 Å². The van der Waals surface area contributed by atoms with Gasteiger partial charge in [0, 0.05) is 16.2 Å². The van der Waals surface area contributed by atoms with Gasteiger partial charge in [-0.2, -0.15) is 5.26 Å². The number of benzene rings is 1. The Kier molecular flexibility index (Phi) is 4.66. The van der Waals surface area contributed by atoms with Crippen LogP contribution in [0.4, 0.5) is 5.69 Å². The topological polar surface area (TPSA) is 35.8 Å². The van der Waals surface area contributed by atoms with E-state index in [1.807, 2.05) is 18.2 Å². The van der Waals surface area contributed by atoms with E-state index in [2.05, 4.69) is 34.2 Å². The standard InChI is InChI=1S/C15H19BrN2/c1-11-3-2-4-13(7-5-11)18-14-8-6-12(10-17)15(16)9-14/h6,8-9,11,13,18H,2-5,7H2,1H3. The number of nitrogens with zero attached hydrogens (tertiary/aromatic N) is 1. The van der Waals surface area contributed by atoms with Crippen LogP contribution in [-0.4, -0.2) is 6.04 Å². The summed E-state index contributed by atoms with van der Waals surface area (Å²) in [7, 11) is 0. The first kappa shape index (κ1) is 13.4. The van der Waals surface area contributed by atoms with E-state index in [0.717, 1.165) is 16.1 Å². The van der Waals surface area contributed by atoms with Crippen LogP contribution in [0.15, 0.2) is 22.7 Å². The molecule has 2 rings (SSSR count). The zero-order valence-electron chi connectivity index (χ0n) is 10.7. The third kappa shape index (κ3) is 3.49. The van der Waals surface area contributed by atoms with Gasteiger partial charge in [-0.1, -0.05) is 19.8 Å². The molecule has 0 bridgehead atoms. The molecule has 0 spiro atoms. The summed E-state index contributed by atoms with van der Waals surface area (Å²) in [6.45, 7) is 2.35. The molecule has 0 radical (unpaired) electrons. The summed E-state index contributed by atoms with van der Waals surface area (Å²) in [6.07, 6.45) is 6.49. The fourth-order valence-electron chi connectivity index (χ4n) is 2.56. The number of halogens is 1. The van der Waals surface area contributed by atoms with Crippen LogP contribution >= 0.6 is 15.9 Å². The van der Waals surface area contributed by atoms with Crippen molar-refractivity contribution in [2.75, 3.05) is 5.32 Å². The molecular weight excluding hydrogens is 288 g/mol. The van der Waals surface area contributed by atoms with E-state index in [1.165, 1.54) is 32.1 Å². The minimum absolute atomic E-state index is 0.579. The normalized spacial score (nSPS) is 24.1. The predicted molar refractivity (Wildman–Crippen MR) is 78.5 cm³/mol. The molecule has 2 unspecified atom stereocenters. The molecule has 3 heteroatoms. The lowest BCUT2D eigenvalue weighted by molar-refractivity contribution is 0.502. The lowest BCUT2D eigenvalue weighted by Gasteiger charge is -2.18. The molecule has 2 nitrogen and oxygen atoms in total. The van der Waals surface area contributed by atoms with E-state index >= 15 is 0 Å². The van der Waals surface area contributed by atoms with Crippen molar-refractivity contribution in [1.29, 1.82) is 5.26 Å². The highest BCUT2D eigenvalue weighted by atomic mass is 79.9. The summed E-state index contributed by atoms with van der Waals surface area (Å²) < 4.78 is 0.872. The van der Waals surface area contributed by atoms with Crippen molar-refractivity contribution in [2.24, 2.45) is 5.92 Å². The van der Waals surface area contributed by atoms with E-state index in [9.17, 15) is 0 Å². The maximum atomic E-state index is 8.90. The van der Waals surface area contributed by atoms with Gasteiger partial charge in [-0.3, -0.25) is 0 Å². The van der Waals surface area contributed by atoms with E-state index < -0.39 is 0 Å². The van der Waals surface area contributed by atoms with Gasteiger partial charge in [0.05, 0.1) is 5.56 Å². The largest absolute Gasteiger partial charge is 0.382 e. The van der Waals surface area contributed by atoms with E-state index in [0.29, 0.717) is 11.6 Å². The number of nitrogens with one attached hydrogen (secondary N) is 1. The molecule has 0 saturated heterocycles. The average molecular weight is 307 g/mol. The second-order valence-corrected chi connectivity index (χ2v) is 6.12. The Labute approximate surface area is 118 Å². The minimum Gasteiger partial charge on any atom is -0.382 e. The molecule has 0 heterocycles. The zero-order chi connectivity index (χ0) is 13.0. The van der Waals surface area contributed by atoms with Crippen molar-refractivity contribution in [1.82, 2.24) is 0 Å². The molecule has 1 aromatic carbocycles. The first-order valence-corrected chi connectivity index (χ1v) is 7.44. The number of nitriles is 1. The quantitative estimate of drug-likeness (QED) is 0.804. The Hall–Kier alpha value is -1.01. The molecule has 1 saturated carbocycles. The lowest BCUT2D eigenvalue weighted by Crippen LogP contribution is -2.18. The van der Waals surface area contributed by atoms with Gasteiger partial charge in [0.25, 0.3) is 0 Å². The highest BCUT2D eigenvalue weighted by molar-refractivity contribution is 9.10. The van der Waals surface area contributed by atoms with Crippen LogP contribution in [0.3, 0.4) is 0 Å². The van der Waals surface area contributed by atoms with Gasteiger partial charge in [-0.15, -0.1) is 0 Å². The first-order valence-electron chi connectivity index (χ1n) is 6.65. The van der Waals surface area contributed by atoms with Gasteiger partial charge in [-0.05, 0) is 59.3 Å². The van der Waals surface area contributed by atoms with Crippen LogP contribution in [0.25, 0.3) is 0 Å². The molecule has 1 aliphatic carbocycles. The number of anilines is 1. The third-order valence-corrected chi connectivity index (χ3v) is 4.37. The van der Waals surface area contributed by atoms with Crippen LogP contribution in [-0.2, 0) is 0 Å². The summed E-state index contributed by atoms with van der Waals surface area (Å²) in [6, 6.07) is 8.62. The highest BCUT2D eigenvalue weighted by Crippen LogP contribution is 2.27. The Morgan fingerprint density at radius 1 is 1.28 bits per heavy atom. The fraction of sp³-hybridized carbons (Fsp3) is 0.533. The molecule has 1 aromatic rings. The Bertz CT molecular complexity index is 450. The van der Waals surface area contributed by atoms with Gasteiger partial charge in [0.1, 0.15) is 6.07 Å². The van der Waals surface area contributed by atoms with Crippen molar-refractivity contribution < 1.29 is 0 Å². The molecular formula is C15H19BrN2. The Balaban J connectivity index is 2.01. The second kappa shape index (κ2) is 6.24. The average Bonchev–Trinajstić information content (AvgIpc) is 2.55. The highest BCUT2D eigenvalue weighted by Gasteiger charge is 2.16. The smallest absolute Gasteiger partial charge is 0.100 e. The summed E-state index contributed by atoms with van der Waals surface area (Å²) in [5.41, 5.74) is 1.80. The van der Waals surface area contributed by atoms with Gasteiger partial charge < -0.3 is 5.32 Å². The van der Waals surface area contributed by atoms with Crippen LogP contribution in [0.2, 0.25) is 0 Å². The molecule has 0 amide bonds. The van der Waals surface area contributed by atoms with Crippen molar-refractivity contribution in [3.63, 3.8) is 0 Å². The molecule has 18 heavy (non-hydrogen) atoms. The second-order valence-electron chi connectivity index (χ2n) is 5.26. The van der Waals surface area contributed by atoms with Gasteiger partial charge in [-0.25, -0.2) is 0 Å².